The van der Waals surface area contributed by atoms with E-state index in [-0.39, 0.29) is 5.54 Å². The molecule has 1 aliphatic rings. The van der Waals surface area contributed by atoms with Gasteiger partial charge in [0.25, 0.3) is 0 Å². The summed E-state index contributed by atoms with van der Waals surface area (Å²) in [7, 11) is 1.81. The summed E-state index contributed by atoms with van der Waals surface area (Å²) in [6.07, 6.45) is 2.52. The second-order valence-electron chi connectivity index (χ2n) is 7.61. The maximum absolute atomic E-state index is 5.28. The quantitative estimate of drug-likeness (QED) is 0.770. The topological polar surface area (TPSA) is 24.5 Å². The Bertz CT molecular complexity index is 262. The summed E-state index contributed by atoms with van der Waals surface area (Å²) in [6.45, 7) is 17.1. The minimum absolute atomic E-state index is 0.208. The molecule has 3 heteroatoms. The Balaban J connectivity index is 2.43. The van der Waals surface area contributed by atoms with Crippen LogP contribution in [0, 0.1) is 11.3 Å². The third-order valence-corrected chi connectivity index (χ3v) is 4.28. The van der Waals surface area contributed by atoms with E-state index in [9.17, 15) is 0 Å². The number of methoxy groups -OCH3 is 1. The maximum Gasteiger partial charge on any atom is 0.0503 e. The van der Waals surface area contributed by atoms with Crippen LogP contribution >= 0.6 is 0 Å². The predicted octanol–water partition coefficient (Wildman–Crippen LogP) is 2.76. The first-order chi connectivity index (χ1) is 8.78. The van der Waals surface area contributed by atoms with Gasteiger partial charge in [-0.1, -0.05) is 13.8 Å². The Hall–Kier alpha value is -0.120. The van der Waals surface area contributed by atoms with Crippen molar-refractivity contribution in [3.05, 3.63) is 0 Å². The molecule has 0 radical (unpaired) electrons. The first-order valence-electron chi connectivity index (χ1n) is 7.74. The fourth-order valence-electron chi connectivity index (χ4n) is 2.74. The van der Waals surface area contributed by atoms with Gasteiger partial charge in [0.1, 0.15) is 0 Å². The van der Waals surface area contributed by atoms with Crippen molar-refractivity contribution in [2.45, 2.75) is 53.0 Å². The van der Waals surface area contributed by atoms with E-state index in [1.54, 1.807) is 0 Å². The van der Waals surface area contributed by atoms with Crippen LogP contribution in [0.1, 0.15) is 47.5 Å². The molecule has 0 aromatic heterocycles. The number of ether oxygens (including phenoxy) is 1. The van der Waals surface area contributed by atoms with Gasteiger partial charge >= 0.3 is 0 Å². The molecule has 0 bridgehead atoms. The van der Waals surface area contributed by atoms with E-state index in [2.05, 4.69) is 44.8 Å². The molecule has 1 N–H and O–H groups in total. The minimum atomic E-state index is 0.208. The van der Waals surface area contributed by atoms with Gasteiger partial charge in [0.05, 0.1) is 6.61 Å². The molecule has 0 aromatic carbocycles. The van der Waals surface area contributed by atoms with Crippen LogP contribution < -0.4 is 5.32 Å². The van der Waals surface area contributed by atoms with Crippen LogP contribution in [0.5, 0.6) is 0 Å². The summed E-state index contributed by atoms with van der Waals surface area (Å²) in [5.74, 6) is 0.738. The molecule has 114 valence electrons. The highest BCUT2D eigenvalue weighted by atomic mass is 16.5. The molecule has 1 aliphatic heterocycles. The molecule has 0 amide bonds. The van der Waals surface area contributed by atoms with Crippen molar-refractivity contribution in [2.24, 2.45) is 11.3 Å². The SMILES string of the molecule is CCC(C)(CNC(C)(C)C)CN1CCC(COC)C1. The number of likely N-dealkylation sites (tertiary alicyclic amines) is 1. The molecule has 0 aliphatic carbocycles. The van der Waals surface area contributed by atoms with Gasteiger partial charge in [-0.2, -0.15) is 0 Å². The van der Waals surface area contributed by atoms with Crippen LogP contribution in [-0.2, 0) is 4.74 Å². The molecular formula is C16H34N2O. The fraction of sp³-hybridized carbons (Fsp3) is 1.00. The molecule has 0 saturated carbocycles. The lowest BCUT2D eigenvalue weighted by Crippen LogP contribution is -2.47. The number of rotatable bonds is 7. The van der Waals surface area contributed by atoms with Crippen LogP contribution in [-0.4, -0.2) is 50.3 Å². The second kappa shape index (κ2) is 7.05. The first-order valence-corrected chi connectivity index (χ1v) is 7.74. The monoisotopic (exact) mass is 270 g/mol. The predicted molar refractivity (Wildman–Crippen MR) is 82.6 cm³/mol. The van der Waals surface area contributed by atoms with Crippen LogP contribution in [0.15, 0.2) is 0 Å². The summed E-state index contributed by atoms with van der Waals surface area (Å²) < 4.78 is 5.28. The van der Waals surface area contributed by atoms with Gasteiger partial charge in [-0.15, -0.1) is 0 Å². The first kappa shape index (κ1) is 16.9. The van der Waals surface area contributed by atoms with E-state index in [0.717, 1.165) is 19.1 Å². The summed E-state index contributed by atoms with van der Waals surface area (Å²) >= 11 is 0. The maximum atomic E-state index is 5.28. The average molecular weight is 270 g/mol. The van der Waals surface area contributed by atoms with E-state index in [0.29, 0.717) is 5.41 Å². The van der Waals surface area contributed by atoms with Crippen LogP contribution in [0.3, 0.4) is 0 Å². The average Bonchev–Trinajstić information content (AvgIpc) is 2.74. The largest absolute Gasteiger partial charge is 0.384 e. The molecule has 1 heterocycles. The highest BCUT2D eigenvalue weighted by molar-refractivity contribution is 4.86. The van der Waals surface area contributed by atoms with Crippen molar-refractivity contribution >= 4 is 0 Å². The van der Waals surface area contributed by atoms with Gasteiger partial charge in [-0.05, 0) is 51.5 Å². The Morgan fingerprint density at radius 2 is 1.95 bits per heavy atom. The molecule has 1 fully saturated rings. The van der Waals surface area contributed by atoms with Crippen LogP contribution in [0.25, 0.3) is 0 Å². The second-order valence-corrected chi connectivity index (χ2v) is 7.61. The molecule has 1 rings (SSSR count). The Morgan fingerprint density at radius 3 is 2.47 bits per heavy atom. The number of hydrogen-bond donors (Lipinski definition) is 1. The lowest BCUT2D eigenvalue weighted by Gasteiger charge is -2.36. The summed E-state index contributed by atoms with van der Waals surface area (Å²) in [5, 5.41) is 3.67. The normalized spacial score (nSPS) is 24.6. The summed E-state index contributed by atoms with van der Waals surface area (Å²) in [5.41, 5.74) is 0.579. The molecule has 3 nitrogen and oxygen atoms in total. The van der Waals surface area contributed by atoms with Crippen LogP contribution in [0.4, 0.5) is 0 Å². The molecular weight excluding hydrogens is 236 g/mol. The molecule has 19 heavy (non-hydrogen) atoms. The third-order valence-electron chi connectivity index (χ3n) is 4.28. The third kappa shape index (κ3) is 6.24. The smallest absolute Gasteiger partial charge is 0.0503 e. The van der Waals surface area contributed by atoms with Crippen LogP contribution in [0.2, 0.25) is 0 Å². The highest BCUT2D eigenvalue weighted by Crippen LogP contribution is 2.26. The lowest BCUT2D eigenvalue weighted by molar-refractivity contribution is 0.136. The number of hydrogen-bond acceptors (Lipinski definition) is 3. The van der Waals surface area contributed by atoms with Gasteiger partial charge in [-0.3, -0.25) is 0 Å². The van der Waals surface area contributed by atoms with Crippen molar-refractivity contribution < 1.29 is 4.74 Å². The summed E-state index contributed by atoms with van der Waals surface area (Å²) in [4.78, 5) is 2.62. The van der Waals surface area contributed by atoms with Crippen molar-refractivity contribution in [2.75, 3.05) is 39.9 Å². The van der Waals surface area contributed by atoms with Crippen molar-refractivity contribution in [1.82, 2.24) is 10.2 Å². The van der Waals surface area contributed by atoms with E-state index in [1.165, 1.54) is 32.5 Å². The van der Waals surface area contributed by atoms with E-state index < -0.39 is 0 Å². The van der Waals surface area contributed by atoms with Gasteiger partial charge in [0.2, 0.25) is 0 Å². The number of nitrogens with zero attached hydrogens (tertiary/aromatic N) is 1. The molecule has 1 saturated heterocycles. The van der Waals surface area contributed by atoms with Crippen molar-refractivity contribution in [1.29, 1.82) is 0 Å². The fourth-order valence-corrected chi connectivity index (χ4v) is 2.74. The van der Waals surface area contributed by atoms with Crippen molar-refractivity contribution in [3.63, 3.8) is 0 Å². The zero-order chi connectivity index (χ0) is 14.5. The summed E-state index contributed by atoms with van der Waals surface area (Å²) in [6, 6.07) is 0. The van der Waals surface area contributed by atoms with E-state index in [4.69, 9.17) is 4.74 Å². The van der Waals surface area contributed by atoms with Gasteiger partial charge in [-0.25, -0.2) is 0 Å². The van der Waals surface area contributed by atoms with Crippen molar-refractivity contribution in [3.8, 4) is 0 Å². The lowest BCUT2D eigenvalue weighted by atomic mass is 9.86. The Morgan fingerprint density at radius 1 is 1.26 bits per heavy atom. The molecule has 0 aromatic rings. The number of nitrogens with one attached hydrogen (secondary N) is 1. The minimum Gasteiger partial charge on any atom is -0.384 e. The highest BCUT2D eigenvalue weighted by Gasteiger charge is 2.30. The standard InChI is InChI=1S/C16H34N2O/c1-7-16(5,12-17-15(2,3)4)13-18-9-8-14(10-18)11-19-6/h14,17H,7-13H2,1-6H3. The zero-order valence-corrected chi connectivity index (χ0v) is 13.9. The molecule has 2 unspecified atom stereocenters. The molecule has 2 atom stereocenters. The molecule has 0 spiro atoms. The van der Waals surface area contributed by atoms with E-state index in [1.807, 2.05) is 7.11 Å². The van der Waals surface area contributed by atoms with Gasteiger partial charge in [0.15, 0.2) is 0 Å². The van der Waals surface area contributed by atoms with Gasteiger partial charge in [0, 0.05) is 32.3 Å². The Kier molecular flexibility index (Phi) is 6.28. The van der Waals surface area contributed by atoms with Gasteiger partial charge < -0.3 is 15.0 Å². The Labute approximate surface area is 120 Å². The van der Waals surface area contributed by atoms with E-state index >= 15 is 0 Å². The zero-order valence-electron chi connectivity index (χ0n) is 13.9.